The van der Waals surface area contributed by atoms with E-state index in [1.165, 1.54) is 19.1 Å². The summed E-state index contributed by atoms with van der Waals surface area (Å²) in [7, 11) is 0. The van der Waals surface area contributed by atoms with E-state index in [1.54, 1.807) is 0 Å². The normalized spacial score (nSPS) is 19.7. The largest absolute Gasteiger partial charge is 0.462 e. The second kappa shape index (κ2) is 7.02. The number of carbonyl (C=O) groups is 1. The molecule has 0 saturated heterocycles. The summed E-state index contributed by atoms with van der Waals surface area (Å²) >= 11 is 0. The number of ether oxygens (including phenoxy) is 1. The highest BCUT2D eigenvalue weighted by molar-refractivity contribution is 5.94. The lowest BCUT2D eigenvalue weighted by Crippen LogP contribution is -2.47. The molecule has 1 aliphatic heterocycles. The molecule has 0 amide bonds. The highest BCUT2D eigenvalue weighted by Crippen LogP contribution is 2.50. The number of benzene rings is 1. The number of nitrogens with one attached hydrogen (secondary N) is 1. The number of carbonyl (C=O) groups excluding carboxylic acids is 1. The van der Waals surface area contributed by atoms with E-state index < -0.39 is 42.4 Å². The Morgan fingerprint density at radius 1 is 1.25 bits per heavy atom. The van der Waals surface area contributed by atoms with E-state index in [-0.39, 0.29) is 23.6 Å². The second-order valence-corrected chi connectivity index (χ2v) is 6.19. The first kappa shape index (κ1) is 20.0. The molecule has 152 valence electrons. The molecule has 0 spiro atoms. The molecule has 0 bridgehead atoms. The molecule has 0 fully saturated rings. The maximum absolute atomic E-state index is 14.2. The van der Waals surface area contributed by atoms with Crippen molar-refractivity contribution < 1.29 is 35.9 Å². The molecule has 1 aromatic heterocycles. The number of hydrogen-bond acceptors (Lipinski definition) is 4. The Bertz CT molecular complexity index is 863. The number of fused-ring (bicyclic) bond motifs is 1. The number of nitrogens with zero attached hydrogens (tertiary/aromatic N) is 2. The lowest BCUT2D eigenvalue weighted by molar-refractivity contribution is -0.301. The van der Waals surface area contributed by atoms with Crippen LogP contribution in [0.1, 0.15) is 41.3 Å². The summed E-state index contributed by atoms with van der Waals surface area (Å²) in [6.07, 6.45) is -5.63. The van der Waals surface area contributed by atoms with Crippen molar-refractivity contribution in [1.29, 1.82) is 0 Å². The van der Waals surface area contributed by atoms with Gasteiger partial charge in [0.1, 0.15) is 23.2 Å². The Hall–Kier alpha value is -2.72. The lowest BCUT2D eigenvalue weighted by Gasteiger charge is -2.37. The fraction of sp³-hybridized carbons (Fsp3) is 0.412. The van der Waals surface area contributed by atoms with E-state index in [0.29, 0.717) is 4.68 Å². The van der Waals surface area contributed by atoms with Gasteiger partial charge >= 0.3 is 18.1 Å². The Balaban J connectivity index is 2.08. The minimum Gasteiger partial charge on any atom is -0.462 e. The number of rotatable bonds is 4. The molecule has 3 rings (SSSR count). The van der Waals surface area contributed by atoms with E-state index in [4.69, 9.17) is 4.74 Å². The predicted molar refractivity (Wildman–Crippen MR) is 85.6 cm³/mol. The molecule has 2 atom stereocenters. The molecule has 0 unspecified atom stereocenters. The van der Waals surface area contributed by atoms with Crippen LogP contribution in [0.4, 0.5) is 32.2 Å². The molecule has 11 heteroatoms. The molecule has 1 aromatic carbocycles. The number of esters is 1. The van der Waals surface area contributed by atoms with Crippen molar-refractivity contribution in [3.63, 3.8) is 0 Å². The smallest absolute Gasteiger partial charge is 0.455 e. The third kappa shape index (κ3) is 3.40. The van der Waals surface area contributed by atoms with Crippen molar-refractivity contribution >= 4 is 11.8 Å². The van der Waals surface area contributed by atoms with Crippen LogP contribution in [-0.4, -0.2) is 34.5 Å². The number of halogens is 6. The molecule has 0 aliphatic carbocycles. The Morgan fingerprint density at radius 2 is 1.89 bits per heavy atom. The fourth-order valence-corrected chi connectivity index (χ4v) is 3.05. The maximum Gasteiger partial charge on any atom is 0.455 e. The highest BCUT2D eigenvalue weighted by atomic mass is 19.4. The van der Waals surface area contributed by atoms with E-state index in [2.05, 4.69) is 10.4 Å². The van der Waals surface area contributed by atoms with Crippen LogP contribution in [0.15, 0.2) is 30.5 Å². The summed E-state index contributed by atoms with van der Waals surface area (Å²) in [4.78, 5) is 12.0. The van der Waals surface area contributed by atoms with Crippen LogP contribution in [0, 0.1) is 5.82 Å². The lowest BCUT2D eigenvalue weighted by atomic mass is 9.93. The van der Waals surface area contributed by atoms with Gasteiger partial charge in [-0.15, -0.1) is 0 Å². The molecule has 2 heterocycles. The van der Waals surface area contributed by atoms with Gasteiger partial charge in [0.2, 0.25) is 0 Å². The molecule has 2 aromatic rings. The summed E-state index contributed by atoms with van der Waals surface area (Å²) in [5, 5.41) is 6.33. The molecule has 28 heavy (non-hydrogen) atoms. The van der Waals surface area contributed by atoms with Crippen LogP contribution in [0.5, 0.6) is 0 Å². The van der Waals surface area contributed by atoms with Crippen LogP contribution in [0.25, 0.3) is 0 Å². The van der Waals surface area contributed by atoms with Gasteiger partial charge < -0.3 is 10.1 Å². The molecule has 1 aliphatic rings. The summed E-state index contributed by atoms with van der Waals surface area (Å²) < 4.78 is 85.9. The topological polar surface area (TPSA) is 56.1 Å². The van der Waals surface area contributed by atoms with Crippen LogP contribution in [-0.2, 0) is 4.74 Å². The number of aromatic nitrogens is 2. The molecule has 5 nitrogen and oxygen atoms in total. The molecular formula is C17H15F6N3O2. The van der Waals surface area contributed by atoms with Crippen LogP contribution in [0.3, 0.4) is 0 Å². The van der Waals surface area contributed by atoms with Gasteiger partial charge in [-0.1, -0.05) is 12.1 Å². The van der Waals surface area contributed by atoms with Crippen molar-refractivity contribution in [3.05, 3.63) is 47.4 Å². The summed E-state index contributed by atoms with van der Waals surface area (Å²) in [6, 6.07) is 1.23. The van der Waals surface area contributed by atoms with Crippen LogP contribution >= 0.6 is 0 Å². The van der Waals surface area contributed by atoms with Crippen molar-refractivity contribution in [2.75, 3.05) is 11.9 Å². The van der Waals surface area contributed by atoms with Gasteiger partial charge in [-0.05, 0) is 24.6 Å². The molecule has 0 radical (unpaired) electrons. The van der Waals surface area contributed by atoms with E-state index in [0.717, 1.165) is 18.3 Å². The minimum atomic E-state index is -5.82. The molecule has 0 saturated carbocycles. The SMILES string of the molecule is CCOC(=O)c1cnn2c1N[C@@H](c1ccc(F)cc1)C[C@@H]2C(F)(F)C(F)(F)F. The quantitative estimate of drug-likeness (QED) is 0.599. The predicted octanol–water partition coefficient (Wildman–Crippen LogP) is 4.49. The van der Waals surface area contributed by atoms with E-state index >= 15 is 0 Å². The Morgan fingerprint density at radius 3 is 2.46 bits per heavy atom. The summed E-state index contributed by atoms with van der Waals surface area (Å²) in [6.45, 7) is 1.50. The maximum atomic E-state index is 14.2. The zero-order valence-corrected chi connectivity index (χ0v) is 14.4. The van der Waals surface area contributed by atoms with E-state index in [9.17, 15) is 31.1 Å². The summed E-state index contributed by atoms with van der Waals surface area (Å²) in [5.41, 5.74) is 0.0169. The average molecular weight is 407 g/mol. The van der Waals surface area contributed by atoms with E-state index in [1.807, 2.05) is 0 Å². The first-order valence-electron chi connectivity index (χ1n) is 8.27. The molecule has 1 N–H and O–H groups in total. The van der Waals surface area contributed by atoms with Gasteiger partial charge in [0, 0.05) is 6.42 Å². The van der Waals surface area contributed by atoms with Crippen molar-refractivity contribution in [3.8, 4) is 0 Å². The van der Waals surface area contributed by atoms with Gasteiger partial charge in [-0.2, -0.15) is 27.1 Å². The van der Waals surface area contributed by atoms with Crippen molar-refractivity contribution in [2.45, 2.75) is 37.5 Å². The molecular weight excluding hydrogens is 392 g/mol. The van der Waals surface area contributed by atoms with Gasteiger partial charge in [-0.3, -0.25) is 0 Å². The van der Waals surface area contributed by atoms with Gasteiger partial charge in [0.15, 0.2) is 0 Å². The van der Waals surface area contributed by atoms with Gasteiger partial charge in [0.25, 0.3) is 0 Å². The van der Waals surface area contributed by atoms with Gasteiger partial charge in [-0.25, -0.2) is 13.9 Å². The first-order chi connectivity index (χ1) is 13.1. The Kier molecular flexibility index (Phi) is 5.02. The summed E-state index contributed by atoms with van der Waals surface area (Å²) in [5.74, 6) is -6.92. The number of alkyl halides is 5. The first-order valence-corrected chi connectivity index (χ1v) is 8.27. The van der Waals surface area contributed by atoms with Crippen LogP contribution in [0.2, 0.25) is 0 Å². The number of anilines is 1. The monoisotopic (exact) mass is 407 g/mol. The zero-order chi connectivity index (χ0) is 20.7. The zero-order valence-electron chi connectivity index (χ0n) is 14.4. The van der Waals surface area contributed by atoms with Crippen molar-refractivity contribution in [1.82, 2.24) is 9.78 Å². The average Bonchev–Trinajstić information content (AvgIpc) is 3.04. The Labute approximate surface area is 155 Å². The third-order valence-corrected chi connectivity index (χ3v) is 4.42. The standard InChI is InChI=1S/C17H15F6N3O2/c1-2-28-15(27)11-8-24-26-13(16(19,20)17(21,22)23)7-12(25-14(11)26)9-3-5-10(18)6-4-9/h3-6,8,12-13,25H,2,7H2,1H3/t12-,13-/m1/s1. The second-order valence-electron chi connectivity index (χ2n) is 6.19. The fourth-order valence-electron chi connectivity index (χ4n) is 3.05. The number of hydrogen-bond donors (Lipinski definition) is 1. The minimum absolute atomic E-state index is 0.0208. The highest BCUT2D eigenvalue weighted by Gasteiger charge is 2.64. The van der Waals surface area contributed by atoms with Crippen LogP contribution < -0.4 is 5.32 Å². The van der Waals surface area contributed by atoms with Crippen molar-refractivity contribution in [2.24, 2.45) is 0 Å². The van der Waals surface area contributed by atoms with Gasteiger partial charge in [0.05, 0.1) is 18.8 Å². The third-order valence-electron chi connectivity index (χ3n) is 4.42.